The van der Waals surface area contributed by atoms with Gasteiger partial charge in [0.2, 0.25) is 0 Å². The van der Waals surface area contributed by atoms with E-state index in [4.69, 9.17) is 14.9 Å². The molecular weight excluding hydrogens is 244 g/mol. The molecule has 0 bridgehead atoms. The molecule has 1 aliphatic rings. The van der Waals surface area contributed by atoms with E-state index in [1.807, 2.05) is 18.2 Å². The zero-order valence-electron chi connectivity index (χ0n) is 10.3. The Morgan fingerprint density at radius 2 is 2.32 bits per heavy atom. The fourth-order valence-electron chi connectivity index (χ4n) is 2.28. The fourth-order valence-corrected chi connectivity index (χ4v) is 2.28. The van der Waals surface area contributed by atoms with Crippen LogP contribution in [0.5, 0.6) is 5.75 Å². The number of primary amides is 1. The van der Waals surface area contributed by atoms with E-state index >= 15 is 0 Å². The van der Waals surface area contributed by atoms with E-state index in [-0.39, 0.29) is 0 Å². The van der Waals surface area contributed by atoms with Gasteiger partial charge in [0.1, 0.15) is 11.8 Å². The van der Waals surface area contributed by atoms with Crippen LogP contribution in [0.2, 0.25) is 0 Å². The minimum Gasteiger partial charge on any atom is -0.460 e. The van der Waals surface area contributed by atoms with Crippen LogP contribution in [-0.4, -0.2) is 19.2 Å². The van der Waals surface area contributed by atoms with Crippen LogP contribution in [-0.2, 0) is 0 Å². The SMILES string of the molecule is NC(=O)Oc1coc2ccc(C3=CCNCC3)cc12. The smallest absolute Gasteiger partial charge is 0.410 e. The van der Waals surface area contributed by atoms with E-state index in [2.05, 4.69) is 11.4 Å². The second-order valence-electron chi connectivity index (χ2n) is 4.42. The topological polar surface area (TPSA) is 77.5 Å². The zero-order valence-corrected chi connectivity index (χ0v) is 10.3. The number of furan rings is 1. The Labute approximate surface area is 110 Å². The molecule has 3 rings (SSSR count). The van der Waals surface area contributed by atoms with Crippen molar-refractivity contribution in [3.63, 3.8) is 0 Å². The van der Waals surface area contributed by atoms with Gasteiger partial charge in [-0.05, 0) is 36.2 Å². The second kappa shape index (κ2) is 4.78. The van der Waals surface area contributed by atoms with E-state index < -0.39 is 6.09 Å². The van der Waals surface area contributed by atoms with Gasteiger partial charge in [-0.1, -0.05) is 12.1 Å². The molecule has 19 heavy (non-hydrogen) atoms. The molecule has 0 spiro atoms. The molecule has 2 aromatic rings. The predicted molar refractivity (Wildman–Crippen MR) is 71.9 cm³/mol. The first-order chi connectivity index (χ1) is 9.24. The largest absolute Gasteiger partial charge is 0.460 e. The molecule has 3 N–H and O–H groups in total. The Balaban J connectivity index is 2.03. The van der Waals surface area contributed by atoms with Crippen molar-refractivity contribution in [1.29, 1.82) is 0 Å². The monoisotopic (exact) mass is 258 g/mol. The van der Waals surface area contributed by atoms with E-state index in [1.54, 1.807) is 0 Å². The lowest BCUT2D eigenvalue weighted by Gasteiger charge is -2.14. The lowest BCUT2D eigenvalue weighted by molar-refractivity contribution is 0.211. The first-order valence-electron chi connectivity index (χ1n) is 6.13. The van der Waals surface area contributed by atoms with Crippen molar-refractivity contribution in [2.24, 2.45) is 5.73 Å². The molecule has 5 heteroatoms. The number of nitrogens with one attached hydrogen (secondary N) is 1. The van der Waals surface area contributed by atoms with Gasteiger partial charge in [-0.15, -0.1) is 0 Å². The highest BCUT2D eigenvalue weighted by Crippen LogP contribution is 2.31. The van der Waals surface area contributed by atoms with Gasteiger partial charge in [0.15, 0.2) is 5.75 Å². The molecule has 0 radical (unpaired) electrons. The Kier molecular flexibility index (Phi) is 2.97. The summed E-state index contributed by atoms with van der Waals surface area (Å²) >= 11 is 0. The van der Waals surface area contributed by atoms with Crippen LogP contribution in [0, 0.1) is 0 Å². The Morgan fingerprint density at radius 3 is 3.05 bits per heavy atom. The summed E-state index contributed by atoms with van der Waals surface area (Å²) < 4.78 is 10.3. The Bertz CT molecular complexity index is 658. The van der Waals surface area contributed by atoms with Crippen molar-refractivity contribution in [3.8, 4) is 5.75 Å². The van der Waals surface area contributed by atoms with Crippen molar-refractivity contribution in [2.75, 3.05) is 13.1 Å². The van der Waals surface area contributed by atoms with Crippen molar-refractivity contribution >= 4 is 22.6 Å². The Hall–Kier alpha value is -2.27. The number of nitrogens with two attached hydrogens (primary N) is 1. The molecule has 1 aliphatic heterocycles. The first kappa shape index (κ1) is 11.8. The number of hydrogen-bond acceptors (Lipinski definition) is 4. The number of benzene rings is 1. The fraction of sp³-hybridized carbons (Fsp3) is 0.214. The molecular formula is C14H14N2O3. The number of carbonyl (C=O) groups excluding carboxylic acids is 1. The van der Waals surface area contributed by atoms with Gasteiger partial charge in [0.05, 0.1) is 5.39 Å². The molecule has 2 heterocycles. The molecule has 1 amide bonds. The number of ether oxygens (including phenoxy) is 1. The molecule has 0 aliphatic carbocycles. The number of amides is 1. The van der Waals surface area contributed by atoms with Gasteiger partial charge in [-0.25, -0.2) is 4.79 Å². The maximum Gasteiger partial charge on any atom is 0.410 e. The predicted octanol–water partition coefficient (Wildman–Crippen LogP) is 2.27. The standard InChI is InChI=1S/C14H14N2O3/c15-14(17)19-13-8-18-12-2-1-10(7-11(12)13)9-3-5-16-6-4-9/h1-3,7-8,16H,4-6H2,(H2,15,17). The van der Waals surface area contributed by atoms with Crippen molar-refractivity contribution in [3.05, 3.63) is 36.1 Å². The van der Waals surface area contributed by atoms with Crippen LogP contribution in [0.15, 0.2) is 35.0 Å². The van der Waals surface area contributed by atoms with Crippen LogP contribution in [0.25, 0.3) is 16.5 Å². The summed E-state index contributed by atoms with van der Waals surface area (Å²) in [5, 5.41) is 4.03. The summed E-state index contributed by atoms with van der Waals surface area (Å²) in [7, 11) is 0. The normalized spacial score (nSPS) is 15.3. The number of carbonyl (C=O) groups is 1. The molecule has 5 nitrogen and oxygen atoms in total. The third-order valence-corrected chi connectivity index (χ3v) is 3.18. The zero-order chi connectivity index (χ0) is 13.2. The second-order valence-corrected chi connectivity index (χ2v) is 4.42. The minimum absolute atomic E-state index is 0.360. The molecule has 1 aromatic heterocycles. The van der Waals surface area contributed by atoms with Gasteiger partial charge < -0.3 is 20.2 Å². The summed E-state index contributed by atoms with van der Waals surface area (Å²) in [5.74, 6) is 0.360. The van der Waals surface area contributed by atoms with Gasteiger partial charge in [0, 0.05) is 6.54 Å². The van der Waals surface area contributed by atoms with Crippen molar-refractivity contribution in [2.45, 2.75) is 6.42 Å². The molecule has 0 atom stereocenters. The van der Waals surface area contributed by atoms with Crippen LogP contribution in [0.1, 0.15) is 12.0 Å². The number of fused-ring (bicyclic) bond motifs is 1. The third kappa shape index (κ3) is 2.32. The third-order valence-electron chi connectivity index (χ3n) is 3.18. The quantitative estimate of drug-likeness (QED) is 0.866. The average Bonchev–Trinajstić information content (AvgIpc) is 2.82. The van der Waals surface area contributed by atoms with Gasteiger partial charge in [0.25, 0.3) is 0 Å². The summed E-state index contributed by atoms with van der Waals surface area (Å²) in [6, 6.07) is 5.85. The van der Waals surface area contributed by atoms with E-state index in [9.17, 15) is 4.79 Å². The van der Waals surface area contributed by atoms with Crippen molar-refractivity contribution in [1.82, 2.24) is 5.32 Å². The molecule has 0 fully saturated rings. The molecule has 0 saturated carbocycles. The molecule has 1 aromatic carbocycles. The summed E-state index contributed by atoms with van der Waals surface area (Å²) in [5.41, 5.74) is 8.11. The van der Waals surface area contributed by atoms with Crippen molar-refractivity contribution < 1.29 is 13.9 Å². The van der Waals surface area contributed by atoms with Crippen LogP contribution >= 0.6 is 0 Å². The van der Waals surface area contributed by atoms with Crippen LogP contribution in [0.4, 0.5) is 4.79 Å². The van der Waals surface area contributed by atoms with Gasteiger partial charge >= 0.3 is 6.09 Å². The summed E-state index contributed by atoms with van der Waals surface area (Å²) in [4.78, 5) is 10.8. The highest BCUT2D eigenvalue weighted by molar-refractivity contribution is 5.89. The van der Waals surface area contributed by atoms with Gasteiger partial charge in [-0.2, -0.15) is 0 Å². The molecule has 0 unspecified atom stereocenters. The maximum atomic E-state index is 10.8. The van der Waals surface area contributed by atoms with Crippen LogP contribution < -0.4 is 15.8 Å². The molecule has 0 saturated heterocycles. The first-order valence-corrected chi connectivity index (χ1v) is 6.13. The lowest BCUT2D eigenvalue weighted by Crippen LogP contribution is -2.20. The number of hydrogen-bond donors (Lipinski definition) is 2. The van der Waals surface area contributed by atoms with Crippen LogP contribution in [0.3, 0.4) is 0 Å². The minimum atomic E-state index is -0.839. The Morgan fingerprint density at radius 1 is 1.42 bits per heavy atom. The maximum absolute atomic E-state index is 10.8. The van der Waals surface area contributed by atoms with E-state index in [1.165, 1.54) is 11.8 Å². The highest BCUT2D eigenvalue weighted by Gasteiger charge is 2.12. The summed E-state index contributed by atoms with van der Waals surface area (Å²) in [6.07, 6.45) is 3.71. The van der Waals surface area contributed by atoms with E-state index in [0.717, 1.165) is 30.5 Å². The highest BCUT2D eigenvalue weighted by atomic mass is 16.6. The average molecular weight is 258 g/mol. The van der Waals surface area contributed by atoms with Gasteiger partial charge in [-0.3, -0.25) is 0 Å². The number of rotatable bonds is 2. The van der Waals surface area contributed by atoms with E-state index in [0.29, 0.717) is 11.3 Å². The summed E-state index contributed by atoms with van der Waals surface area (Å²) in [6.45, 7) is 1.85. The molecule has 98 valence electrons. The lowest BCUT2D eigenvalue weighted by atomic mass is 9.99.